The minimum absolute atomic E-state index is 0.186. The molecular weight excluding hydrogens is 252 g/mol. The fourth-order valence-electron chi connectivity index (χ4n) is 2.27. The van der Waals surface area contributed by atoms with Crippen molar-refractivity contribution in [2.75, 3.05) is 27.2 Å². The first kappa shape index (κ1) is 13.8. The summed E-state index contributed by atoms with van der Waals surface area (Å²) < 4.78 is 1.79. The topological polar surface area (TPSA) is 67.3 Å². The van der Waals surface area contributed by atoms with Crippen LogP contribution in [0.1, 0.15) is 18.5 Å². The molecule has 1 aliphatic rings. The lowest BCUT2D eigenvalue weighted by Crippen LogP contribution is -2.40. The highest BCUT2D eigenvalue weighted by molar-refractivity contribution is 6.31. The zero-order valence-corrected chi connectivity index (χ0v) is 11.7. The van der Waals surface area contributed by atoms with E-state index in [-0.39, 0.29) is 12.5 Å². The van der Waals surface area contributed by atoms with Crippen molar-refractivity contribution >= 4 is 11.6 Å². The number of hydrogen-bond donors (Lipinski definition) is 2. The van der Waals surface area contributed by atoms with Gasteiger partial charge in [0.1, 0.15) is 5.60 Å². The molecule has 0 spiro atoms. The van der Waals surface area contributed by atoms with Crippen molar-refractivity contribution in [1.82, 2.24) is 14.7 Å². The van der Waals surface area contributed by atoms with Gasteiger partial charge in [-0.15, -0.1) is 0 Å². The largest absolute Gasteiger partial charge is 0.382 e. The Morgan fingerprint density at radius 3 is 2.78 bits per heavy atom. The van der Waals surface area contributed by atoms with Crippen LogP contribution in [0.3, 0.4) is 0 Å². The highest BCUT2D eigenvalue weighted by Gasteiger charge is 2.47. The van der Waals surface area contributed by atoms with Crippen molar-refractivity contribution in [2.24, 2.45) is 11.7 Å². The van der Waals surface area contributed by atoms with E-state index >= 15 is 0 Å². The van der Waals surface area contributed by atoms with Gasteiger partial charge in [0, 0.05) is 13.1 Å². The molecule has 1 heterocycles. The van der Waals surface area contributed by atoms with E-state index in [0.717, 1.165) is 19.4 Å². The second-order valence-corrected chi connectivity index (χ2v) is 5.68. The Morgan fingerprint density at radius 1 is 1.61 bits per heavy atom. The summed E-state index contributed by atoms with van der Waals surface area (Å²) in [5.41, 5.74) is 5.42. The highest BCUT2D eigenvalue weighted by Crippen LogP contribution is 2.46. The number of hydrogen-bond acceptors (Lipinski definition) is 4. The Kier molecular flexibility index (Phi) is 3.96. The van der Waals surface area contributed by atoms with Crippen LogP contribution in [0.25, 0.3) is 0 Å². The monoisotopic (exact) mass is 272 g/mol. The molecule has 5 nitrogen and oxygen atoms in total. The van der Waals surface area contributed by atoms with Gasteiger partial charge in [-0.25, -0.2) is 0 Å². The quantitative estimate of drug-likeness (QED) is 0.798. The molecule has 102 valence electrons. The van der Waals surface area contributed by atoms with Crippen LogP contribution in [0.2, 0.25) is 5.02 Å². The summed E-state index contributed by atoms with van der Waals surface area (Å²) in [4.78, 5) is 2.07. The zero-order chi connectivity index (χ0) is 13.3. The normalized spacial score (nSPS) is 19.2. The van der Waals surface area contributed by atoms with Crippen molar-refractivity contribution in [1.29, 1.82) is 0 Å². The van der Waals surface area contributed by atoms with Gasteiger partial charge < -0.3 is 15.7 Å². The van der Waals surface area contributed by atoms with Gasteiger partial charge in [0.05, 0.1) is 23.5 Å². The van der Waals surface area contributed by atoms with Crippen molar-refractivity contribution in [2.45, 2.75) is 25.0 Å². The van der Waals surface area contributed by atoms with E-state index in [0.29, 0.717) is 17.3 Å². The third-order valence-electron chi connectivity index (χ3n) is 3.53. The first-order valence-electron chi connectivity index (χ1n) is 6.28. The Hall–Kier alpha value is -0.620. The smallest absolute Gasteiger partial charge is 0.123 e. The van der Waals surface area contributed by atoms with Crippen LogP contribution in [-0.4, -0.2) is 47.0 Å². The molecule has 6 heteroatoms. The molecule has 0 aromatic carbocycles. The molecule has 0 saturated heterocycles. The minimum atomic E-state index is -1.03. The first-order chi connectivity index (χ1) is 8.49. The van der Waals surface area contributed by atoms with Crippen LogP contribution in [0.15, 0.2) is 6.20 Å². The number of aromatic nitrogens is 2. The van der Waals surface area contributed by atoms with E-state index in [1.165, 1.54) is 0 Å². The Balaban J connectivity index is 2.27. The van der Waals surface area contributed by atoms with Crippen LogP contribution in [0.4, 0.5) is 0 Å². The highest BCUT2D eigenvalue weighted by atomic mass is 35.5. The minimum Gasteiger partial charge on any atom is -0.382 e. The maximum Gasteiger partial charge on any atom is 0.123 e. The number of likely N-dealkylation sites (N-methyl/N-ethyl adjacent to an activating group) is 1. The summed E-state index contributed by atoms with van der Waals surface area (Å²) >= 11 is 6.18. The molecule has 1 saturated carbocycles. The summed E-state index contributed by atoms with van der Waals surface area (Å²) in [5, 5.41) is 15.5. The van der Waals surface area contributed by atoms with Gasteiger partial charge in [-0.2, -0.15) is 5.10 Å². The van der Waals surface area contributed by atoms with Crippen LogP contribution in [0.5, 0.6) is 0 Å². The second-order valence-electron chi connectivity index (χ2n) is 5.27. The fourth-order valence-corrected chi connectivity index (χ4v) is 2.58. The molecule has 1 fully saturated rings. The van der Waals surface area contributed by atoms with Crippen molar-refractivity contribution in [3.8, 4) is 0 Å². The Labute approximate surface area is 113 Å². The molecule has 1 aliphatic carbocycles. The van der Waals surface area contributed by atoms with Crippen molar-refractivity contribution < 1.29 is 5.11 Å². The van der Waals surface area contributed by atoms with Crippen LogP contribution < -0.4 is 5.73 Å². The number of rotatable bonds is 6. The van der Waals surface area contributed by atoms with Crippen LogP contribution >= 0.6 is 11.6 Å². The number of aliphatic hydroxyl groups is 1. The lowest BCUT2D eigenvalue weighted by atomic mass is 9.93. The van der Waals surface area contributed by atoms with Gasteiger partial charge in [0.2, 0.25) is 0 Å². The van der Waals surface area contributed by atoms with Gasteiger partial charge in [-0.3, -0.25) is 4.68 Å². The standard InChI is InChI=1S/C12H21ClN4O/c1-16(2)5-6-17-11(10(13)7-15-17)12(18,8-14)9-3-4-9/h7,9,18H,3-6,8,14H2,1-2H3. The molecule has 2 rings (SSSR count). The molecule has 0 aliphatic heterocycles. The van der Waals surface area contributed by atoms with Crippen molar-refractivity contribution in [3.63, 3.8) is 0 Å². The fraction of sp³-hybridized carbons (Fsp3) is 0.750. The summed E-state index contributed by atoms with van der Waals surface area (Å²) in [6.45, 7) is 1.73. The summed E-state index contributed by atoms with van der Waals surface area (Å²) in [6.07, 6.45) is 3.60. The van der Waals surface area contributed by atoms with E-state index < -0.39 is 5.60 Å². The van der Waals surface area contributed by atoms with Crippen LogP contribution in [-0.2, 0) is 12.1 Å². The molecular formula is C12H21ClN4O. The lowest BCUT2D eigenvalue weighted by molar-refractivity contribution is 0.0131. The number of halogens is 1. The first-order valence-corrected chi connectivity index (χ1v) is 6.65. The van der Waals surface area contributed by atoms with Gasteiger partial charge in [0.15, 0.2) is 0 Å². The lowest BCUT2D eigenvalue weighted by Gasteiger charge is -2.28. The van der Waals surface area contributed by atoms with Crippen LogP contribution in [0, 0.1) is 5.92 Å². The van der Waals surface area contributed by atoms with E-state index in [1.807, 2.05) is 14.1 Å². The van der Waals surface area contributed by atoms with E-state index in [2.05, 4.69) is 10.00 Å². The molecule has 0 amide bonds. The molecule has 1 unspecified atom stereocenters. The Morgan fingerprint density at radius 2 is 2.28 bits per heavy atom. The summed E-state index contributed by atoms with van der Waals surface area (Å²) in [7, 11) is 4.00. The molecule has 1 aromatic heterocycles. The number of nitrogens with two attached hydrogens (primary N) is 1. The van der Waals surface area contributed by atoms with E-state index in [9.17, 15) is 5.11 Å². The summed E-state index contributed by atoms with van der Waals surface area (Å²) in [5.74, 6) is 0.217. The maximum absolute atomic E-state index is 10.8. The van der Waals surface area contributed by atoms with E-state index in [1.54, 1.807) is 10.9 Å². The second kappa shape index (κ2) is 5.17. The average Bonchev–Trinajstić information content (AvgIpc) is 3.11. The molecule has 0 radical (unpaired) electrons. The zero-order valence-electron chi connectivity index (χ0n) is 10.9. The maximum atomic E-state index is 10.8. The van der Waals surface area contributed by atoms with E-state index in [4.69, 9.17) is 17.3 Å². The number of nitrogens with zero attached hydrogens (tertiary/aromatic N) is 3. The molecule has 18 heavy (non-hydrogen) atoms. The predicted octanol–water partition coefficient (Wildman–Crippen LogP) is 0.654. The molecule has 1 aromatic rings. The van der Waals surface area contributed by atoms with Gasteiger partial charge in [-0.05, 0) is 32.9 Å². The SMILES string of the molecule is CN(C)CCn1ncc(Cl)c1C(O)(CN)C1CC1. The molecule has 1 atom stereocenters. The molecule has 3 N–H and O–H groups in total. The van der Waals surface area contributed by atoms with Gasteiger partial charge in [0.25, 0.3) is 0 Å². The average molecular weight is 273 g/mol. The summed E-state index contributed by atoms with van der Waals surface area (Å²) in [6, 6.07) is 0. The molecule has 0 bridgehead atoms. The Bertz CT molecular complexity index is 416. The van der Waals surface area contributed by atoms with Gasteiger partial charge in [-0.1, -0.05) is 11.6 Å². The third-order valence-corrected chi connectivity index (χ3v) is 3.80. The third kappa shape index (κ3) is 2.54. The van der Waals surface area contributed by atoms with Gasteiger partial charge >= 0.3 is 0 Å². The predicted molar refractivity (Wildman–Crippen MR) is 71.5 cm³/mol. The van der Waals surface area contributed by atoms with Crippen molar-refractivity contribution in [3.05, 3.63) is 16.9 Å².